The van der Waals surface area contributed by atoms with Crippen molar-refractivity contribution < 1.29 is 29.3 Å². The Morgan fingerprint density at radius 1 is 0.596 bits per heavy atom. The third-order valence-electron chi connectivity index (χ3n) is 8.21. The van der Waals surface area contributed by atoms with E-state index in [4.69, 9.17) is 9.47 Å². The summed E-state index contributed by atoms with van der Waals surface area (Å²) in [5, 5.41) is 19.5. The van der Waals surface area contributed by atoms with Crippen LogP contribution in [-0.4, -0.2) is 47.6 Å². The highest BCUT2D eigenvalue weighted by atomic mass is 16.6. The van der Waals surface area contributed by atoms with Gasteiger partial charge in [-0.25, -0.2) is 0 Å². The Kier molecular flexibility index (Phi) is 35.0. The van der Waals surface area contributed by atoms with E-state index in [0.717, 1.165) is 38.5 Å². The molecule has 0 rings (SSSR count). The Hall–Kier alpha value is -2.18. The van der Waals surface area contributed by atoms with Crippen molar-refractivity contribution in [1.29, 1.82) is 0 Å². The predicted molar refractivity (Wildman–Crippen MR) is 197 cm³/mol. The summed E-state index contributed by atoms with van der Waals surface area (Å²) in [5.41, 5.74) is 0. The number of hydrogen-bond donors (Lipinski definition) is 2. The predicted octanol–water partition coefficient (Wildman–Crippen LogP) is 10.8. The molecule has 0 aromatic rings. The molecule has 0 saturated heterocycles. The van der Waals surface area contributed by atoms with Gasteiger partial charge in [-0.05, 0) is 44.9 Å². The number of unbranched alkanes of at least 4 members (excludes halogenated alkanes) is 18. The minimum absolute atomic E-state index is 0.104. The van der Waals surface area contributed by atoms with Crippen LogP contribution in [0.1, 0.15) is 174 Å². The second kappa shape index (κ2) is 36.7. The molecule has 6 heteroatoms. The molecule has 0 saturated carbocycles. The summed E-state index contributed by atoms with van der Waals surface area (Å²) < 4.78 is 10.5. The maximum Gasteiger partial charge on any atom is 0.306 e. The second-order valence-electron chi connectivity index (χ2n) is 12.9. The van der Waals surface area contributed by atoms with Gasteiger partial charge in [0, 0.05) is 12.8 Å². The Balaban J connectivity index is 3.73. The van der Waals surface area contributed by atoms with Crippen LogP contribution in [0, 0.1) is 0 Å². The zero-order valence-corrected chi connectivity index (χ0v) is 30.4. The molecule has 0 aliphatic carbocycles. The van der Waals surface area contributed by atoms with Crippen molar-refractivity contribution in [3.63, 3.8) is 0 Å². The van der Waals surface area contributed by atoms with Gasteiger partial charge in [-0.1, -0.05) is 165 Å². The third-order valence-corrected chi connectivity index (χ3v) is 8.21. The number of aliphatic hydroxyl groups is 2. The number of hydrogen-bond acceptors (Lipinski definition) is 6. The summed E-state index contributed by atoms with van der Waals surface area (Å²) in [6.07, 6.45) is 42.0. The fraction of sp³-hybridized carbons (Fsp3) is 0.756. The first-order chi connectivity index (χ1) is 23.0. The minimum Gasteiger partial charge on any atom is -0.462 e. The van der Waals surface area contributed by atoms with Gasteiger partial charge in [0.15, 0.2) is 6.10 Å². The van der Waals surface area contributed by atoms with Gasteiger partial charge >= 0.3 is 11.9 Å². The lowest BCUT2D eigenvalue weighted by Gasteiger charge is -2.15. The van der Waals surface area contributed by atoms with Crippen LogP contribution >= 0.6 is 0 Å². The van der Waals surface area contributed by atoms with Crippen LogP contribution in [-0.2, 0) is 19.1 Å². The van der Waals surface area contributed by atoms with E-state index in [9.17, 15) is 19.8 Å². The van der Waals surface area contributed by atoms with Crippen molar-refractivity contribution in [1.82, 2.24) is 0 Å². The van der Waals surface area contributed by atoms with Gasteiger partial charge < -0.3 is 19.7 Å². The fourth-order valence-electron chi connectivity index (χ4n) is 5.22. The molecular formula is C41H72O6. The average Bonchev–Trinajstić information content (AvgIpc) is 3.07. The molecule has 47 heavy (non-hydrogen) atoms. The standard InChI is InChI=1S/C41H72O6/c1-3-5-7-9-11-12-13-14-15-16-17-18-22-26-30-34-40(44)46-37-39(36-42)47-41(45)35-31-27-23-20-19-21-25-29-33-38(43)32-28-24-10-8-6-4-2/h20-21,23-25,28-29,33,38-39,42-43H,3-19,22,26-27,30-32,34-37H2,1-2H3/b23-20-,25-21-,28-24-,33-29+/t38-,39-/m0/s1. The van der Waals surface area contributed by atoms with Gasteiger partial charge in [0.25, 0.3) is 0 Å². The zero-order valence-electron chi connectivity index (χ0n) is 30.4. The average molecular weight is 661 g/mol. The summed E-state index contributed by atoms with van der Waals surface area (Å²) in [6, 6.07) is 0. The fourth-order valence-corrected chi connectivity index (χ4v) is 5.22. The summed E-state index contributed by atoms with van der Waals surface area (Å²) in [4.78, 5) is 24.2. The van der Waals surface area contributed by atoms with E-state index in [-0.39, 0.29) is 25.6 Å². The molecule has 0 amide bonds. The van der Waals surface area contributed by atoms with Gasteiger partial charge in [-0.3, -0.25) is 9.59 Å². The largest absolute Gasteiger partial charge is 0.462 e. The smallest absolute Gasteiger partial charge is 0.306 e. The van der Waals surface area contributed by atoms with E-state index in [1.54, 1.807) is 6.08 Å². The van der Waals surface area contributed by atoms with Crippen LogP contribution in [0.25, 0.3) is 0 Å². The normalized spacial score (nSPS) is 13.4. The molecule has 0 unspecified atom stereocenters. The minimum atomic E-state index is -0.818. The summed E-state index contributed by atoms with van der Waals surface area (Å²) in [6.45, 7) is 3.99. The molecule has 0 aromatic heterocycles. The van der Waals surface area contributed by atoms with Crippen LogP contribution in [0.15, 0.2) is 48.6 Å². The quantitative estimate of drug-likeness (QED) is 0.0309. The van der Waals surface area contributed by atoms with Crippen molar-refractivity contribution >= 4 is 11.9 Å². The Labute approximate surface area is 289 Å². The number of ether oxygens (including phenoxy) is 2. The van der Waals surface area contributed by atoms with Crippen molar-refractivity contribution in [2.24, 2.45) is 0 Å². The number of esters is 2. The number of allylic oxidation sites excluding steroid dienone is 6. The molecular weight excluding hydrogens is 588 g/mol. The SMILES string of the molecule is CCCCC/C=C\C[C@H](O)/C=C/C=C\C/C=C\CCCC(=O)O[C@@H](CO)COC(=O)CCCCCCCCCCCCCCCCC. The molecule has 0 aliphatic rings. The monoisotopic (exact) mass is 661 g/mol. The Morgan fingerprint density at radius 2 is 1.13 bits per heavy atom. The van der Waals surface area contributed by atoms with Gasteiger partial charge in [0.2, 0.25) is 0 Å². The molecule has 0 radical (unpaired) electrons. The van der Waals surface area contributed by atoms with Crippen LogP contribution in [0.3, 0.4) is 0 Å². The summed E-state index contributed by atoms with van der Waals surface area (Å²) in [7, 11) is 0. The van der Waals surface area contributed by atoms with E-state index < -0.39 is 18.2 Å². The van der Waals surface area contributed by atoms with Crippen molar-refractivity contribution in [3.05, 3.63) is 48.6 Å². The lowest BCUT2D eigenvalue weighted by atomic mass is 10.0. The van der Waals surface area contributed by atoms with Crippen LogP contribution in [0.4, 0.5) is 0 Å². The Morgan fingerprint density at radius 3 is 1.74 bits per heavy atom. The topological polar surface area (TPSA) is 93.1 Å². The number of carbonyl (C=O) groups is 2. The molecule has 6 nitrogen and oxygen atoms in total. The van der Waals surface area contributed by atoms with Crippen molar-refractivity contribution in [2.75, 3.05) is 13.2 Å². The van der Waals surface area contributed by atoms with Gasteiger partial charge in [0.1, 0.15) is 6.61 Å². The molecule has 272 valence electrons. The lowest BCUT2D eigenvalue weighted by Crippen LogP contribution is -2.28. The van der Waals surface area contributed by atoms with Gasteiger partial charge in [-0.15, -0.1) is 0 Å². The molecule has 2 atom stereocenters. The second-order valence-corrected chi connectivity index (χ2v) is 12.9. The molecule has 0 heterocycles. The highest BCUT2D eigenvalue weighted by Crippen LogP contribution is 2.14. The molecule has 2 N–H and O–H groups in total. The third kappa shape index (κ3) is 35.0. The number of carbonyl (C=O) groups excluding carboxylic acids is 2. The highest BCUT2D eigenvalue weighted by Gasteiger charge is 2.16. The summed E-state index contributed by atoms with van der Waals surface area (Å²) in [5.74, 6) is -0.694. The van der Waals surface area contributed by atoms with E-state index in [1.807, 2.05) is 30.4 Å². The van der Waals surface area contributed by atoms with E-state index in [1.165, 1.54) is 96.3 Å². The molecule has 0 spiro atoms. The molecule has 0 aliphatic heterocycles. The molecule has 0 bridgehead atoms. The number of aliphatic hydroxyl groups excluding tert-OH is 2. The van der Waals surface area contributed by atoms with Crippen LogP contribution < -0.4 is 0 Å². The summed E-state index contributed by atoms with van der Waals surface area (Å²) >= 11 is 0. The first kappa shape index (κ1) is 44.8. The van der Waals surface area contributed by atoms with Gasteiger partial charge in [-0.2, -0.15) is 0 Å². The number of rotatable bonds is 34. The van der Waals surface area contributed by atoms with Crippen LogP contribution in [0.2, 0.25) is 0 Å². The van der Waals surface area contributed by atoms with Crippen molar-refractivity contribution in [3.8, 4) is 0 Å². The first-order valence-corrected chi connectivity index (χ1v) is 19.3. The Bertz CT molecular complexity index is 815. The van der Waals surface area contributed by atoms with Crippen molar-refractivity contribution in [2.45, 2.75) is 187 Å². The zero-order chi connectivity index (χ0) is 34.5. The van der Waals surface area contributed by atoms with Crippen LogP contribution in [0.5, 0.6) is 0 Å². The highest BCUT2D eigenvalue weighted by molar-refractivity contribution is 5.70. The lowest BCUT2D eigenvalue weighted by molar-refractivity contribution is -0.161. The maximum absolute atomic E-state index is 12.1. The maximum atomic E-state index is 12.1. The van der Waals surface area contributed by atoms with E-state index in [2.05, 4.69) is 26.0 Å². The molecule has 0 fully saturated rings. The molecule has 0 aromatic carbocycles. The van der Waals surface area contributed by atoms with E-state index in [0.29, 0.717) is 19.3 Å². The van der Waals surface area contributed by atoms with Gasteiger partial charge in [0.05, 0.1) is 12.7 Å². The first-order valence-electron chi connectivity index (χ1n) is 19.3. The van der Waals surface area contributed by atoms with E-state index >= 15 is 0 Å².